The Morgan fingerprint density at radius 2 is 1.93 bits per heavy atom. The molecule has 1 aromatic carbocycles. The number of benzene rings is 1. The van der Waals surface area contributed by atoms with Gasteiger partial charge >= 0.3 is 0 Å². The number of likely N-dealkylation sites (N-methyl/N-ethyl adjacent to an activating group) is 1. The van der Waals surface area contributed by atoms with Crippen LogP contribution in [-0.2, 0) is 11.8 Å². The van der Waals surface area contributed by atoms with Gasteiger partial charge in [-0.1, -0.05) is 6.07 Å². The molecule has 11 heteroatoms. The summed E-state index contributed by atoms with van der Waals surface area (Å²) in [5.74, 6) is 0.0131. The molecule has 1 N–H and O–H groups in total. The second-order valence-corrected chi connectivity index (χ2v) is 6.26. The summed E-state index contributed by atoms with van der Waals surface area (Å²) in [6.45, 7) is 2.41. The number of non-ortho nitro benzene ring substituents is 1. The maximum absolute atomic E-state index is 12.8. The highest BCUT2D eigenvalue weighted by Gasteiger charge is 2.28. The highest BCUT2D eigenvalue weighted by molar-refractivity contribution is 5.85. The summed E-state index contributed by atoms with van der Waals surface area (Å²) in [5, 5.41) is 18.1. The fourth-order valence-electron chi connectivity index (χ4n) is 3.19. The molecule has 0 aliphatic carbocycles. The third-order valence-corrected chi connectivity index (χ3v) is 4.59. The van der Waals surface area contributed by atoms with Gasteiger partial charge in [0, 0.05) is 62.8 Å². The average molecular weight is 431 g/mol. The molecule has 2 aromatic rings. The number of anilines is 1. The molecule has 154 valence electrons. The molecule has 0 spiro atoms. The lowest BCUT2D eigenvalue weighted by molar-refractivity contribution is -0.384. The number of carbonyl (C=O) groups is 1. The van der Waals surface area contributed by atoms with Crippen molar-refractivity contribution in [2.45, 2.75) is 6.04 Å². The van der Waals surface area contributed by atoms with E-state index in [-0.39, 0.29) is 36.4 Å². The van der Waals surface area contributed by atoms with Crippen LogP contribution in [0.2, 0.25) is 0 Å². The van der Waals surface area contributed by atoms with Gasteiger partial charge in [0.2, 0.25) is 5.91 Å². The average Bonchev–Trinajstić information content (AvgIpc) is 3.08. The van der Waals surface area contributed by atoms with Gasteiger partial charge in [-0.3, -0.25) is 19.6 Å². The van der Waals surface area contributed by atoms with E-state index in [0.29, 0.717) is 26.2 Å². The number of nitro benzene ring substituents is 1. The van der Waals surface area contributed by atoms with E-state index in [1.54, 1.807) is 30.1 Å². The van der Waals surface area contributed by atoms with Crippen LogP contribution in [0.5, 0.6) is 0 Å². The van der Waals surface area contributed by atoms with Gasteiger partial charge in [0.15, 0.2) is 0 Å². The molecule has 0 radical (unpaired) electrons. The highest BCUT2D eigenvalue weighted by Crippen LogP contribution is 2.23. The molecule has 3 rings (SSSR count). The van der Waals surface area contributed by atoms with Crippen LogP contribution in [0.3, 0.4) is 0 Å². The SMILES string of the molecule is CNC(C(=O)N1CCN(c2cccc([N+](=O)[O-])c2)CC1)c1cnn(C)c1.Cl.Cl. The van der Waals surface area contributed by atoms with Crippen LogP contribution in [0.1, 0.15) is 11.6 Å². The molecule has 1 saturated heterocycles. The van der Waals surface area contributed by atoms with Crippen LogP contribution >= 0.6 is 24.8 Å². The number of piperazine rings is 1. The van der Waals surface area contributed by atoms with Gasteiger partial charge in [0.1, 0.15) is 6.04 Å². The molecule has 0 bridgehead atoms. The first-order chi connectivity index (χ1) is 12.5. The topological polar surface area (TPSA) is 96.5 Å². The summed E-state index contributed by atoms with van der Waals surface area (Å²) in [7, 11) is 3.58. The number of nitro groups is 1. The van der Waals surface area contributed by atoms with Crippen LogP contribution in [-0.4, -0.2) is 58.7 Å². The largest absolute Gasteiger partial charge is 0.368 e. The summed E-state index contributed by atoms with van der Waals surface area (Å²) < 4.78 is 1.67. The lowest BCUT2D eigenvalue weighted by Crippen LogP contribution is -2.51. The minimum absolute atomic E-state index is 0. The Morgan fingerprint density at radius 3 is 2.46 bits per heavy atom. The van der Waals surface area contributed by atoms with Gasteiger partial charge in [-0.15, -0.1) is 24.8 Å². The minimum atomic E-state index is -0.423. The molecule has 9 nitrogen and oxygen atoms in total. The number of amides is 1. The van der Waals surface area contributed by atoms with E-state index < -0.39 is 11.0 Å². The van der Waals surface area contributed by atoms with Gasteiger partial charge in [-0.05, 0) is 13.1 Å². The van der Waals surface area contributed by atoms with Crippen LogP contribution in [0.25, 0.3) is 0 Å². The lowest BCUT2D eigenvalue weighted by Gasteiger charge is -2.37. The molecule has 1 fully saturated rings. The molecule has 1 aliphatic rings. The summed E-state index contributed by atoms with van der Waals surface area (Å²) in [5.41, 5.74) is 1.72. The van der Waals surface area contributed by atoms with Crippen molar-refractivity contribution in [3.05, 3.63) is 52.3 Å². The van der Waals surface area contributed by atoms with Gasteiger partial charge in [0.05, 0.1) is 11.1 Å². The first kappa shape index (κ1) is 23.7. The van der Waals surface area contributed by atoms with Crippen molar-refractivity contribution in [1.82, 2.24) is 20.0 Å². The number of nitrogens with zero attached hydrogens (tertiary/aromatic N) is 5. The smallest absolute Gasteiger partial charge is 0.271 e. The number of hydrogen-bond donors (Lipinski definition) is 1. The predicted molar refractivity (Wildman–Crippen MR) is 111 cm³/mol. The molecule has 28 heavy (non-hydrogen) atoms. The quantitative estimate of drug-likeness (QED) is 0.573. The fraction of sp³-hybridized carbons (Fsp3) is 0.412. The van der Waals surface area contributed by atoms with E-state index in [0.717, 1.165) is 11.3 Å². The van der Waals surface area contributed by atoms with E-state index in [1.807, 2.05) is 24.2 Å². The molecule has 1 aliphatic heterocycles. The van der Waals surface area contributed by atoms with E-state index >= 15 is 0 Å². The minimum Gasteiger partial charge on any atom is -0.368 e. The van der Waals surface area contributed by atoms with E-state index in [9.17, 15) is 14.9 Å². The predicted octanol–water partition coefficient (Wildman–Crippen LogP) is 1.78. The molecular weight excluding hydrogens is 407 g/mol. The third kappa shape index (κ3) is 5.12. The standard InChI is InChI=1S/C17H22N6O3.2ClH/c1-18-16(13-11-19-20(2)12-13)17(24)22-8-6-21(7-9-22)14-4-3-5-15(10-14)23(25)26;;/h3-5,10-12,16,18H,6-9H2,1-2H3;2*1H. The first-order valence-electron chi connectivity index (χ1n) is 8.43. The van der Waals surface area contributed by atoms with E-state index in [1.165, 1.54) is 6.07 Å². The third-order valence-electron chi connectivity index (χ3n) is 4.59. The summed E-state index contributed by atoms with van der Waals surface area (Å²) in [6, 6.07) is 6.17. The van der Waals surface area contributed by atoms with Crippen molar-refractivity contribution < 1.29 is 9.72 Å². The Morgan fingerprint density at radius 1 is 1.25 bits per heavy atom. The summed E-state index contributed by atoms with van der Waals surface area (Å²) in [4.78, 5) is 27.3. The Labute approximate surface area is 175 Å². The lowest BCUT2D eigenvalue weighted by atomic mass is 10.1. The number of halogens is 2. The second-order valence-electron chi connectivity index (χ2n) is 6.26. The maximum atomic E-state index is 12.8. The van der Waals surface area contributed by atoms with Crippen LogP contribution < -0.4 is 10.2 Å². The van der Waals surface area contributed by atoms with Crippen molar-refractivity contribution in [3.63, 3.8) is 0 Å². The Kier molecular flexibility index (Phi) is 8.67. The van der Waals surface area contributed by atoms with E-state index in [2.05, 4.69) is 15.3 Å². The molecule has 1 amide bonds. The Balaban J connectivity index is 0.00000196. The number of hydrogen-bond acceptors (Lipinski definition) is 6. The number of aromatic nitrogens is 2. The molecule has 0 saturated carbocycles. The number of aryl methyl sites for hydroxylation is 1. The van der Waals surface area contributed by atoms with Gasteiger partial charge in [-0.2, -0.15) is 5.10 Å². The van der Waals surface area contributed by atoms with Crippen LogP contribution in [0.4, 0.5) is 11.4 Å². The summed E-state index contributed by atoms with van der Waals surface area (Å²) >= 11 is 0. The normalized spacial score (nSPS) is 14.6. The summed E-state index contributed by atoms with van der Waals surface area (Å²) in [6.07, 6.45) is 3.52. The Hall–Kier alpha value is -2.36. The van der Waals surface area contributed by atoms with Crippen molar-refractivity contribution >= 4 is 42.1 Å². The maximum Gasteiger partial charge on any atom is 0.271 e. The number of nitrogens with one attached hydrogen (secondary N) is 1. The van der Waals surface area contributed by atoms with Crippen LogP contribution in [0, 0.1) is 10.1 Å². The fourth-order valence-corrected chi connectivity index (χ4v) is 3.19. The van der Waals surface area contributed by atoms with Crippen molar-refractivity contribution in [3.8, 4) is 0 Å². The van der Waals surface area contributed by atoms with Crippen molar-refractivity contribution in [1.29, 1.82) is 0 Å². The van der Waals surface area contributed by atoms with E-state index in [4.69, 9.17) is 0 Å². The monoisotopic (exact) mass is 430 g/mol. The number of carbonyl (C=O) groups excluding carboxylic acids is 1. The van der Waals surface area contributed by atoms with Crippen molar-refractivity contribution in [2.75, 3.05) is 38.1 Å². The van der Waals surface area contributed by atoms with Crippen molar-refractivity contribution in [2.24, 2.45) is 7.05 Å². The molecule has 1 unspecified atom stereocenters. The second kappa shape index (κ2) is 10.3. The first-order valence-corrected chi connectivity index (χ1v) is 8.43. The zero-order valence-electron chi connectivity index (χ0n) is 15.6. The molecule has 1 atom stereocenters. The Bertz CT molecular complexity index is 808. The van der Waals surface area contributed by atoms with Gasteiger partial charge in [-0.25, -0.2) is 0 Å². The van der Waals surface area contributed by atoms with Gasteiger partial charge in [0.25, 0.3) is 5.69 Å². The number of rotatable bonds is 5. The highest BCUT2D eigenvalue weighted by atomic mass is 35.5. The zero-order chi connectivity index (χ0) is 18.7. The molecular formula is C17H24Cl2N6O3. The van der Waals surface area contributed by atoms with Gasteiger partial charge < -0.3 is 15.1 Å². The zero-order valence-corrected chi connectivity index (χ0v) is 17.3. The molecule has 1 aromatic heterocycles. The molecule has 2 heterocycles. The van der Waals surface area contributed by atoms with Crippen LogP contribution in [0.15, 0.2) is 36.7 Å².